The van der Waals surface area contributed by atoms with Crippen LogP contribution in [0.4, 0.5) is 23.7 Å². The van der Waals surface area contributed by atoms with Crippen molar-refractivity contribution in [2.24, 2.45) is 5.10 Å². The van der Waals surface area contributed by atoms with Crippen LogP contribution in [0, 0.1) is 6.92 Å². The van der Waals surface area contributed by atoms with Crippen molar-refractivity contribution in [3.05, 3.63) is 63.1 Å². The summed E-state index contributed by atoms with van der Waals surface area (Å²) in [5.74, 6) is 0. The third kappa shape index (κ3) is 5.13. The van der Waals surface area contributed by atoms with E-state index in [-0.39, 0.29) is 35.1 Å². The monoisotopic (exact) mass is 486 g/mol. The van der Waals surface area contributed by atoms with Crippen LogP contribution in [-0.2, 0) is 5.41 Å². The molecule has 0 radical (unpaired) electrons. The second kappa shape index (κ2) is 9.58. The van der Waals surface area contributed by atoms with Gasteiger partial charge in [-0.25, -0.2) is 10.2 Å². The first-order chi connectivity index (χ1) is 15.1. The first-order valence-electron chi connectivity index (χ1n) is 10.0. The molecule has 0 spiro atoms. The Morgan fingerprint density at radius 2 is 1.91 bits per heavy atom. The number of nitrogens with one attached hydrogen (secondary N) is 2. The van der Waals surface area contributed by atoms with Crippen molar-refractivity contribution >= 4 is 41.1 Å². The predicted octanol–water partition coefficient (Wildman–Crippen LogP) is 5.67. The summed E-state index contributed by atoms with van der Waals surface area (Å²) in [6.45, 7) is 4.10. The van der Waals surface area contributed by atoms with E-state index in [0.717, 1.165) is 11.1 Å². The van der Waals surface area contributed by atoms with Crippen molar-refractivity contribution < 1.29 is 18.0 Å². The first-order valence-corrected chi connectivity index (χ1v) is 10.8. The summed E-state index contributed by atoms with van der Waals surface area (Å²) in [6.07, 6.45) is -3.08. The average molecular weight is 487 g/mol. The third-order valence-corrected chi connectivity index (χ3v) is 5.99. The van der Waals surface area contributed by atoms with Crippen LogP contribution < -0.4 is 15.6 Å². The molecule has 0 aliphatic carbocycles. The minimum Gasteiger partial charge on any atom is -0.370 e. The van der Waals surface area contributed by atoms with Crippen molar-refractivity contribution in [1.29, 1.82) is 0 Å². The largest absolute Gasteiger partial charge is 0.400 e. The van der Waals surface area contributed by atoms with Crippen molar-refractivity contribution in [2.45, 2.75) is 31.9 Å². The molecule has 10 heteroatoms. The quantitative estimate of drug-likeness (QED) is 0.422. The molecule has 3 rings (SSSR count). The molecule has 2 amide bonds. The van der Waals surface area contributed by atoms with Crippen molar-refractivity contribution in [2.75, 3.05) is 24.5 Å². The molecular weight excluding hydrogens is 464 g/mol. The van der Waals surface area contributed by atoms with Crippen LogP contribution in [0.5, 0.6) is 0 Å². The lowest BCUT2D eigenvalue weighted by Gasteiger charge is -2.33. The Labute approximate surface area is 194 Å². The number of hydrogen-bond acceptors (Lipinski definition) is 3. The van der Waals surface area contributed by atoms with Gasteiger partial charge in [-0.1, -0.05) is 29.3 Å². The Hall–Kier alpha value is -2.45. The van der Waals surface area contributed by atoms with E-state index < -0.39 is 17.6 Å². The maximum atomic E-state index is 14.3. The molecule has 1 heterocycles. The summed E-state index contributed by atoms with van der Waals surface area (Å²) in [5.41, 5.74) is 2.59. The van der Waals surface area contributed by atoms with Gasteiger partial charge in [0, 0.05) is 35.4 Å². The SMILES string of the molecule is CCNC(=O)NN=Cc1ccc(N2CCC(c3cc(Cl)cc(Cl)c3)(C(F)(F)F)C2)cc1C. The van der Waals surface area contributed by atoms with Crippen LogP contribution in [0.1, 0.15) is 30.0 Å². The van der Waals surface area contributed by atoms with Crippen LogP contribution in [0.2, 0.25) is 10.0 Å². The zero-order chi connectivity index (χ0) is 23.5. The number of hydrazone groups is 1. The maximum Gasteiger partial charge on any atom is 0.400 e. The van der Waals surface area contributed by atoms with Crippen LogP contribution in [0.15, 0.2) is 41.5 Å². The number of alkyl halides is 3. The van der Waals surface area contributed by atoms with Gasteiger partial charge in [-0.05, 0) is 67.3 Å². The molecular formula is C22H23Cl2F3N4O. The smallest absolute Gasteiger partial charge is 0.370 e. The maximum absolute atomic E-state index is 14.3. The Balaban J connectivity index is 1.83. The molecule has 1 saturated heterocycles. The zero-order valence-electron chi connectivity index (χ0n) is 17.6. The van der Waals surface area contributed by atoms with Crippen molar-refractivity contribution in [1.82, 2.24) is 10.7 Å². The first kappa shape index (κ1) is 24.2. The second-order valence-electron chi connectivity index (χ2n) is 7.68. The Morgan fingerprint density at radius 1 is 1.22 bits per heavy atom. The molecule has 32 heavy (non-hydrogen) atoms. The fourth-order valence-corrected chi connectivity index (χ4v) is 4.38. The Morgan fingerprint density at radius 3 is 2.50 bits per heavy atom. The van der Waals surface area contributed by atoms with Gasteiger partial charge in [0.1, 0.15) is 5.41 Å². The molecule has 1 fully saturated rings. The van der Waals surface area contributed by atoms with E-state index in [4.69, 9.17) is 23.2 Å². The number of halogens is 5. The van der Waals surface area contributed by atoms with E-state index in [0.29, 0.717) is 12.2 Å². The fourth-order valence-electron chi connectivity index (χ4n) is 3.85. The number of hydrogen-bond donors (Lipinski definition) is 2. The number of aryl methyl sites for hydroxylation is 1. The minimum absolute atomic E-state index is 0.0712. The van der Waals surface area contributed by atoms with Gasteiger partial charge in [0.05, 0.1) is 6.21 Å². The molecule has 1 atom stereocenters. The summed E-state index contributed by atoms with van der Waals surface area (Å²) in [5, 5.41) is 6.79. The van der Waals surface area contributed by atoms with Crippen molar-refractivity contribution in [3.63, 3.8) is 0 Å². The molecule has 0 saturated carbocycles. The third-order valence-electron chi connectivity index (χ3n) is 5.55. The lowest BCUT2D eigenvalue weighted by molar-refractivity contribution is -0.184. The Bertz CT molecular complexity index is 1010. The topological polar surface area (TPSA) is 56.7 Å². The van der Waals surface area contributed by atoms with Crippen LogP contribution in [-0.4, -0.2) is 38.1 Å². The van der Waals surface area contributed by atoms with Gasteiger partial charge in [-0.3, -0.25) is 0 Å². The highest BCUT2D eigenvalue weighted by molar-refractivity contribution is 6.34. The summed E-state index contributed by atoms with van der Waals surface area (Å²) < 4.78 is 42.9. The minimum atomic E-state index is -4.47. The van der Waals surface area contributed by atoms with E-state index in [2.05, 4.69) is 15.8 Å². The number of carbonyl (C=O) groups is 1. The fraction of sp³-hybridized carbons (Fsp3) is 0.364. The van der Waals surface area contributed by atoms with Gasteiger partial charge in [0.25, 0.3) is 0 Å². The normalized spacial score (nSPS) is 18.9. The summed E-state index contributed by atoms with van der Waals surface area (Å²) in [4.78, 5) is 13.1. The molecule has 1 unspecified atom stereocenters. The van der Waals surface area contributed by atoms with E-state index in [9.17, 15) is 18.0 Å². The summed E-state index contributed by atoms with van der Waals surface area (Å²) >= 11 is 12.0. The number of carbonyl (C=O) groups excluding carboxylic acids is 1. The standard InChI is InChI=1S/C22H23Cl2F3N4O/c1-3-28-20(32)30-29-12-15-4-5-19(8-14(15)2)31-7-6-21(13-31,22(25,26)27)16-9-17(23)11-18(24)10-16/h4-5,8-12H,3,6-7,13H2,1-2H3,(H2,28,30,32). The van der Waals surface area contributed by atoms with E-state index >= 15 is 0 Å². The van der Waals surface area contributed by atoms with Gasteiger partial charge in [-0.2, -0.15) is 18.3 Å². The van der Waals surface area contributed by atoms with Crippen LogP contribution in [0.3, 0.4) is 0 Å². The molecule has 1 aliphatic rings. The van der Waals surface area contributed by atoms with Crippen LogP contribution >= 0.6 is 23.2 Å². The van der Waals surface area contributed by atoms with E-state index in [1.807, 2.05) is 13.0 Å². The number of urea groups is 1. The second-order valence-corrected chi connectivity index (χ2v) is 8.55. The van der Waals surface area contributed by atoms with Gasteiger partial charge in [-0.15, -0.1) is 0 Å². The van der Waals surface area contributed by atoms with Crippen LogP contribution in [0.25, 0.3) is 0 Å². The number of benzene rings is 2. The number of anilines is 1. The molecule has 172 valence electrons. The van der Waals surface area contributed by atoms with Gasteiger partial charge >= 0.3 is 12.2 Å². The number of amides is 2. The van der Waals surface area contributed by atoms with E-state index in [1.165, 1.54) is 24.4 Å². The molecule has 2 aromatic carbocycles. The zero-order valence-corrected chi connectivity index (χ0v) is 19.1. The molecule has 1 aliphatic heterocycles. The van der Waals surface area contributed by atoms with Crippen molar-refractivity contribution in [3.8, 4) is 0 Å². The molecule has 0 bridgehead atoms. The molecule has 5 nitrogen and oxygen atoms in total. The highest BCUT2D eigenvalue weighted by Crippen LogP contribution is 2.49. The van der Waals surface area contributed by atoms with Gasteiger partial charge in [0.15, 0.2) is 0 Å². The van der Waals surface area contributed by atoms with Gasteiger partial charge < -0.3 is 10.2 Å². The lowest BCUT2D eigenvalue weighted by atomic mass is 9.79. The summed E-state index contributed by atoms with van der Waals surface area (Å²) in [6, 6.07) is 9.02. The number of rotatable bonds is 5. The molecule has 0 aromatic heterocycles. The van der Waals surface area contributed by atoms with E-state index in [1.54, 1.807) is 24.0 Å². The average Bonchev–Trinajstić information content (AvgIpc) is 3.15. The highest BCUT2D eigenvalue weighted by atomic mass is 35.5. The Kier molecular flexibility index (Phi) is 7.25. The molecule has 2 N–H and O–H groups in total. The molecule has 2 aromatic rings. The number of nitrogens with zero attached hydrogens (tertiary/aromatic N) is 2. The predicted molar refractivity (Wildman–Crippen MR) is 122 cm³/mol. The van der Waals surface area contributed by atoms with Gasteiger partial charge in [0.2, 0.25) is 0 Å². The lowest BCUT2D eigenvalue weighted by Crippen LogP contribution is -2.44. The highest BCUT2D eigenvalue weighted by Gasteiger charge is 2.59. The summed E-state index contributed by atoms with van der Waals surface area (Å²) in [7, 11) is 0.